The summed E-state index contributed by atoms with van der Waals surface area (Å²) in [4.78, 5) is 3.84. The molecule has 1 N–H and O–H groups in total. The number of methoxy groups -OCH3 is 1. The fourth-order valence-corrected chi connectivity index (χ4v) is 0.819. The maximum Gasteiger partial charge on any atom is 0.145 e. The summed E-state index contributed by atoms with van der Waals surface area (Å²) in [6.07, 6.45) is 4.46. The zero-order valence-electron chi connectivity index (χ0n) is 6.72. The lowest BCUT2D eigenvalue weighted by molar-refractivity contribution is 0.416. The zero-order valence-corrected chi connectivity index (χ0v) is 6.72. The third-order valence-corrected chi connectivity index (χ3v) is 1.30. The molecule has 0 aliphatic rings. The van der Waals surface area contributed by atoms with E-state index in [-0.39, 0.29) is 0 Å². The molecule has 0 aromatic carbocycles. The van der Waals surface area contributed by atoms with Crippen LogP contribution in [0.4, 0.5) is 5.69 Å². The van der Waals surface area contributed by atoms with Crippen molar-refractivity contribution in [3.8, 4) is 5.75 Å². The number of hydrogen-bond acceptors (Lipinski definition) is 3. The summed E-state index contributed by atoms with van der Waals surface area (Å²) in [5.41, 5.74) is 0.817. The molecule has 1 aromatic heterocycles. The van der Waals surface area contributed by atoms with E-state index in [9.17, 15) is 0 Å². The molecule has 0 atom stereocenters. The molecule has 3 nitrogen and oxygen atoms in total. The Bertz CT molecular complexity index is 225. The van der Waals surface area contributed by atoms with Crippen molar-refractivity contribution < 1.29 is 4.74 Å². The van der Waals surface area contributed by atoms with E-state index in [4.69, 9.17) is 4.74 Å². The number of ether oxygens (including phenoxy) is 1. The summed E-state index contributed by atoms with van der Waals surface area (Å²) in [6, 6.07) is 1.80. The van der Waals surface area contributed by atoms with Crippen molar-refractivity contribution >= 4 is 5.69 Å². The monoisotopic (exact) mass is 151 g/mol. The summed E-state index contributed by atoms with van der Waals surface area (Å²) in [5.74, 6) is 0.779. The van der Waals surface area contributed by atoms with Crippen LogP contribution in [-0.4, -0.2) is 18.6 Å². The summed E-state index contributed by atoms with van der Waals surface area (Å²) in [7, 11) is 1.63. The minimum absolute atomic E-state index is 0.779. The molecular weight excluding hydrogens is 140 g/mol. The first-order valence-corrected chi connectivity index (χ1v) is 3.53. The van der Waals surface area contributed by atoms with Gasteiger partial charge in [-0.05, 0) is 6.92 Å². The quantitative estimate of drug-likeness (QED) is 0.707. The molecule has 1 heterocycles. The van der Waals surface area contributed by atoms with Gasteiger partial charge in [-0.15, -0.1) is 0 Å². The molecule has 0 bridgehead atoms. The normalized spacial score (nSPS) is 9.27. The maximum absolute atomic E-state index is 5.06. The van der Waals surface area contributed by atoms with Gasteiger partial charge in [-0.1, -0.05) is 0 Å². The fraction of sp³-hybridized carbons (Fsp3) is 0.375. The molecule has 3 heteroatoms. The molecule has 0 fully saturated rings. The SMILES string of the molecule is CCNc1[c]nccc1OC. The molecule has 0 aliphatic heterocycles. The second-order valence-corrected chi connectivity index (χ2v) is 2.03. The second-order valence-electron chi connectivity index (χ2n) is 2.03. The van der Waals surface area contributed by atoms with Gasteiger partial charge in [-0.25, -0.2) is 0 Å². The summed E-state index contributed by atoms with van der Waals surface area (Å²) in [5, 5.41) is 3.08. The molecule has 11 heavy (non-hydrogen) atoms. The first-order valence-electron chi connectivity index (χ1n) is 3.53. The first-order chi connectivity index (χ1) is 5.38. The van der Waals surface area contributed by atoms with Gasteiger partial charge < -0.3 is 10.1 Å². The third-order valence-electron chi connectivity index (χ3n) is 1.30. The Kier molecular flexibility index (Phi) is 2.72. The van der Waals surface area contributed by atoms with Crippen LogP contribution < -0.4 is 10.1 Å². The smallest absolute Gasteiger partial charge is 0.145 e. The highest BCUT2D eigenvalue weighted by Crippen LogP contribution is 2.20. The van der Waals surface area contributed by atoms with Gasteiger partial charge in [-0.3, -0.25) is 4.98 Å². The molecular formula is C8H11N2O. The number of pyridine rings is 1. The van der Waals surface area contributed by atoms with Crippen molar-refractivity contribution in [3.63, 3.8) is 0 Å². The number of anilines is 1. The van der Waals surface area contributed by atoms with Crippen LogP contribution in [0.5, 0.6) is 5.75 Å². The van der Waals surface area contributed by atoms with Gasteiger partial charge in [0.25, 0.3) is 0 Å². The number of hydrogen-bond donors (Lipinski definition) is 1. The second kappa shape index (κ2) is 3.81. The summed E-state index contributed by atoms with van der Waals surface area (Å²) >= 11 is 0. The van der Waals surface area contributed by atoms with Crippen molar-refractivity contribution in [2.45, 2.75) is 6.92 Å². The maximum atomic E-state index is 5.06. The molecule has 0 saturated heterocycles. The third kappa shape index (κ3) is 1.83. The minimum atomic E-state index is 0.779. The topological polar surface area (TPSA) is 34.2 Å². The molecule has 1 rings (SSSR count). The van der Waals surface area contributed by atoms with E-state index in [2.05, 4.69) is 16.5 Å². The van der Waals surface area contributed by atoms with E-state index in [1.807, 2.05) is 6.92 Å². The van der Waals surface area contributed by atoms with Gasteiger partial charge in [0.1, 0.15) is 17.6 Å². The highest BCUT2D eigenvalue weighted by Gasteiger charge is 1.98. The molecule has 0 spiro atoms. The Morgan fingerprint density at radius 1 is 1.73 bits per heavy atom. The lowest BCUT2D eigenvalue weighted by Crippen LogP contribution is -1.99. The molecule has 0 amide bonds. The molecule has 0 saturated carbocycles. The van der Waals surface area contributed by atoms with E-state index in [0.717, 1.165) is 18.0 Å². The van der Waals surface area contributed by atoms with Crippen LogP contribution >= 0.6 is 0 Å². The molecule has 0 unspecified atom stereocenters. The van der Waals surface area contributed by atoms with Crippen LogP contribution in [0.3, 0.4) is 0 Å². The Hall–Kier alpha value is -1.25. The summed E-state index contributed by atoms with van der Waals surface area (Å²) in [6.45, 7) is 2.86. The number of rotatable bonds is 3. The predicted octanol–water partition coefficient (Wildman–Crippen LogP) is 1.32. The minimum Gasteiger partial charge on any atom is -0.494 e. The van der Waals surface area contributed by atoms with Crippen LogP contribution in [0, 0.1) is 6.20 Å². The number of nitrogens with zero attached hydrogens (tertiary/aromatic N) is 1. The van der Waals surface area contributed by atoms with Gasteiger partial charge in [0.2, 0.25) is 0 Å². The largest absolute Gasteiger partial charge is 0.494 e. The van der Waals surface area contributed by atoms with E-state index in [0.29, 0.717) is 0 Å². The van der Waals surface area contributed by atoms with Crippen LogP contribution in [0.2, 0.25) is 0 Å². The van der Waals surface area contributed by atoms with E-state index in [1.54, 1.807) is 19.4 Å². The zero-order chi connectivity index (χ0) is 8.10. The predicted molar refractivity (Wildman–Crippen MR) is 43.8 cm³/mol. The molecule has 59 valence electrons. The van der Waals surface area contributed by atoms with Crippen molar-refractivity contribution in [1.29, 1.82) is 0 Å². The van der Waals surface area contributed by atoms with Crippen molar-refractivity contribution in [1.82, 2.24) is 4.98 Å². The van der Waals surface area contributed by atoms with E-state index in [1.165, 1.54) is 0 Å². The van der Waals surface area contributed by atoms with Crippen LogP contribution in [0.15, 0.2) is 12.3 Å². The Balaban J connectivity index is 2.83. The van der Waals surface area contributed by atoms with Gasteiger partial charge in [0.15, 0.2) is 0 Å². The lowest BCUT2D eigenvalue weighted by atomic mass is 10.4. The average molecular weight is 151 g/mol. The standard InChI is InChI=1S/C8H11N2O/c1-3-10-7-6-9-5-4-8(7)11-2/h4-5,10H,3H2,1-2H3. The summed E-state index contributed by atoms with van der Waals surface area (Å²) < 4.78 is 5.06. The van der Waals surface area contributed by atoms with E-state index < -0.39 is 0 Å². The van der Waals surface area contributed by atoms with Crippen molar-refractivity contribution in [3.05, 3.63) is 18.5 Å². The fourth-order valence-electron chi connectivity index (χ4n) is 0.819. The molecule has 0 aliphatic carbocycles. The number of nitrogens with one attached hydrogen (secondary N) is 1. The molecule has 1 radical (unpaired) electrons. The van der Waals surface area contributed by atoms with Gasteiger partial charge in [-0.2, -0.15) is 0 Å². The average Bonchev–Trinajstić information content (AvgIpc) is 2.06. The Morgan fingerprint density at radius 2 is 2.55 bits per heavy atom. The van der Waals surface area contributed by atoms with Crippen LogP contribution in [0.1, 0.15) is 6.92 Å². The molecule has 1 aromatic rings. The van der Waals surface area contributed by atoms with Gasteiger partial charge in [0, 0.05) is 18.8 Å². The van der Waals surface area contributed by atoms with E-state index >= 15 is 0 Å². The highest BCUT2D eigenvalue weighted by molar-refractivity contribution is 5.53. The highest BCUT2D eigenvalue weighted by atomic mass is 16.5. The Labute approximate surface area is 66.4 Å². The van der Waals surface area contributed by atoms with Crippen molar-refractivity contribution in [2.24, 2.45) is 0 Å². The van der Waals surface area contributed by atoms with Crippen LogP contribution in [-0.2, 0) is 0 Å². The van der Waals surface area contributed by atoms with Gasteiger partial charge in [0.05, 0.1) is 7.11 Å². The van der Waals surface area contributed by atoms with Crippen molar-refractivity contribution in [2.75, 3.05) is 19.0 Å². The Morgan fingerprint density at radius 3 is 3.18 bits per heavy atom. The first kappa shape index (κ1) is 7.85. The lowest BCUT2D eigenvalue weighted by Gasteiger charge is -2.06. The van der Waals surface area contributed by atoms with Gasteiger partial charge >= 0.3 is 0 Å². The van der Waals surface area contributed by atoms with Crippen LogP contribution in [0.25, 0.3) is 0 Å². The number of aromatic nitrogens is 1.